The van der Waals surface area contributed by atoms with E-state index in [1.54, 1.807) is 12.4 Å². The van der Waals surface area contributed by atoms with Crippen molar-refractivity contribution in [2.24, 2.45) is 0 Å². The van der Waals surface area contributed by atoms with Gasteiger partial charge in [-0.25, -0.2) is 0 Å². The van der Waals surface area contributed by atoms with Crippen LogP contribution in [0.25, 0.3) is 33.3 Å². The van der Waals surface area contributed by atoms with Gasteiger partial charge in [-0.1, -0.05) is 6.07 Å². The minimum absolute atomic E-state index is 0.815. The third-order valence-electron chi connectivity index (χ3n) is 3.19. The normalized spacial score (nSPS) is 11.2. The summed E-state index contributed by atoms with van der Waals surface area (Å²) in [6, 6.07) is 15.8. The maximum atomic E-state index is 5.76. The zero-order valence-electron chi connectivity index (χ0n) is 10.1. The first-order valence-corrected chi connectivity index (χ1v) is 6.10. The van der Waals surface area contributed by atoms with Crippen molar-refractivity contribution in [3.8, 4) is 11.3 Å². The summed E-state index contributed by atoms with van der Waals surface area (Å²) in [7, 11) is 0. The number of benzene rings is 1. The standard InChI is InChI=1S/C16H10N2O/c1-2-8-17-13(4-1)11-6-7-14-12(10-11)16-15(19-14)5-3-9-18-16/h1-10H. The van der Waals surface area contributed by atoms with E-state index in [0.29, 0.717) is 0 Å². The number of fused-ring (bicyclic) bond motifs is 3. The molecule has 0 fully saturated rings. The van der Waals surface area contributed by atoms with Crippen molar-refractivity contribution in [3.05, 3.63) is 60.9 Å². The van der Waals surface area contributed by atoms with Crippen molar-refractivity contribution in [3.63, 3.8) is 0 Å². The monoisotopic (exact) mass is 246 g/mol. The van der Waals surface area contributed by atoms with Gasteiger partial charge < -0.3 is 4.42 Å². The molecule has 0 spiro atoms. The van der Waals surface area contributed by atoms with E-state index < -0.39 is 0 Å². The molecule has 4 aromatic rings. The number of hydrogen-bond donors (Lipinski definition) is 0. The Hall–Kier alpha value is -2.68. The lowest BCUT2D eigenvalue weighted by atomic mass is 10.1. The SMILES string of the molecule is c1ccc(-c2ccc3oc4cccnc4c3c2)nc1. The average Bonchev–Trinajstić information content (AvgIpc) is 2.86. The molecule has 3 heterocycles. The third kappa shape index (κ3) is 1.59. The van der Waals surface area contributed by atoms with E-state index in [1.165, 1.54) is 0 Å². The first-order valence-electron chi connectivity index (χ1n) is 6.10. The third-order valence-corrected chi connectivity index (χ3v) is 3.19. The number of rotatable bonds is 1. The highest BCUT2D eigenvalue weighted by molar-refractivity contribution is 6.03. The summed E-state index contributed by atoms with van der Waals surface area (Å²) in [6.07, 6.45) is 3.58. The van der Waals surface area contributed by atoms with Crippen molar-refractivity contribution >= 4 is 22.1 Å². The van der Waals surface area contributed by atoms with Crippen molar-refractivity contribution < 1.29 is 4.42 Å². The zero-order chi connectivity index (χ0) is 12.7. The fourth-order valence-corrected chi connectivity index (χ4v) is 2.29. The fraction of sp³-hybridized carbons (Fsp3) is 0. The second-order valence-electron chi connectivity index (χ2n) is 4.38. The molecule has 3 aromatic heterocycles. The molecular weight excluding hydrogens is 236 g/mol. The maximum absolute atomic E-state index is 5.76. The fourth-order valence-electron chi connectivity index (χ4n) is 2.29. The molecule has 0 aliphatic rings. The van der Waals surface area contributed by atoms with Gasteiger partial charge in [0.05, 0.1) is 5.69 Å². The Labute approximate surface area is 109 Å². The van der Waals surface area contributed by atoms with Gasteiger partial charge >= 0.3 is 0 Å². The van der Waals surface area contributed by atoms with Crippen LogP contribution >= 0.6 is 0 Å². The van der Waals surface area contributed by atoms with Crippen LogP contribution in [0.15, 0.2) is 65.3 Å². The number of hydrogen-bond acceptors (Lipinski definition) is 3. The highest BCUT2D eigenvalue weighted by atomic mass is 16.3. The lowest BCUT2D eigenvalue weighted by Crippen LogP contribution is -1.81. The molecule has 0 saturated heterocycles. The molecule has 0 aliphatic carbocycles. The summed E-state index contributed by atoms with van der Waals surface area (Å²) in [4.78, 5) is 8.76. The number of pyridine rings is 2. The molecule has 19 heavy (non-hydrogen) atoms. The first-order chi connectivity index (χ1) is 9.42. The smallest absolute Gasteiger partial charge is 0.153 e. The molecule has 0 unspecified atom stereocenters. The van der Waals surface area contributed by atoms with Gasteiger partial charge in [-0.3, -0.25) is 9.97 Å². The van der Waals surface area contributed by atoms with Gasteiger partial charge in [-0.2, -0.15) is 0 Å². The molecule has 0 amide bonds. The minimum Gasteiger partial charge on any atom is -0.454 e. The predicted octanol–water partition coefficient (Wildman–Crippen LogP) is 4.04. The van der Waals surface area contributed by atoms with Crippen molar-refractivity contribution in [2.75, 3.05) is 0 Å². The van der Waals surface area contributed by atoms with Crippen molar-refractivity contribution in [1.82, 2.24) is 9.97 Å². The molecule has 1 aromatic carbocycles. The van der Waals surface area contributed by atoms with Crippen LogP contribution in [-0.4, -0.2) is 9.97 Å². The maximum Gasteiger partial charge on any atom is 0.153 e. The molecule has 4 rings (SSSR count). The molecule has 0 atom stereocenters. The predicted molar refractivity (Wildman–Crippen MR) is 74.7 cm³/mol. The van der Waals surface area contributed by atoms with Crippen LogP contribution in [0.3, 0.4) is 0 Å². The summed E-state index contributed by atoms with van der Waals surface area (Å²) in [5, 5.41) is 1.03. The highest BCUT2D eigenvalue weighted by Crippen LogP contribution is 2.30. The van der Waals surface area contributed by atoms with Gasteiger partial charge in [0.2, 0.25) is 0 Å². The number of nitrogens with zero attached hydrogens (tertiary/aromatic N) is 2. The van der Waals surface area contributed by atoms with Crippen molar-refractivity contribution in [2.45, 2.75) is 0 Å². The number of aromatic nitrogens is 2. The van der Waals surface area contributed by atoms with Crippen LogP contribution in [0, 0.1) is 0 Å². The number of furan rings is 1. The van der Waals surface area contributed by atoms with Gasteiger partial charge in [0.1, 0.15) is 11.1 Å². The molecule has 0 bridgehead atoms. The Kier molecular flexibility index (Phi) is 2.12. The highest BCUT2D eigenvalue weighted by Gasteiger charge is 2.09. The summed E-state index contributed by atoms with van der Waals surface area (Å²) < 4.78 is 5.76. The lowest BCUT2D eigenvalue weighted by Gasteiger charge is -1.99. The topological polar surface area (TPSA) is 38.9 Å². The van der Waals surface area contributed by atoms with E-state index >= 15 is 0 Å². The molecule has 3 nitrogen and oxygen atoms in total. The summed E-state index contributed by atoms with van der Waals surface area (Å²) in [5.74, 6) is 0. The minimum atomic E-state index is 0.815. The van der Waals surface area contributed by atoms with Gasteiger partial charge in [-0.15, -0.1) is 0 Å². The van der Waals surface area contributed by atoms with Gasteiger partial charge in [0.25, 0.3) is 0 Å². The first kappa shape index (κ1) is 10.3. The van der Waals surface area contributed by atoms with Gasteiger partial charge in [-0.05, 0) is 42.5 Å². The summed E-state index contributed by atoms with van der Waals surface area (Å²) in [6.45, 7) is 0. The van der Waals surface area contributed by atoms with Crippen LogP contribution in [0.5, 0.6) is 0 Å². The summed E-state index contributed by atoms with van der Waals surface area (Å²) >= 11 is 0. The Morgan fingerprint density at radius 3 is 2.63 bits per heavy atom. The van der Waals surface area contributed by atoms with Crippen LogP contribution in [0.4, 0.5) is 0 Å². The van der Waals surface area contributed by atoms with E-state index in [4.69, 9.17) is 4.42 Å². The Balaban J connectivity index is 2.03. The van der Waals surface area contributed by atoms with Crippen LogP contribution in [0.2, 0.25) is 0 Å². The molecule has 0 aliphatic heterocycles. The Morgan fingerprint density at radius 2 is 1.74 bits per heavy atom. The second kappa shape index (κ2) is 3.92. The molecule has 0 saturated carbocycles. The average molecular weight is 246 g/mol. The largest absolute Gasteiger partial charge is 0.454 e. The van der Waals surface area contributed by atoms with E-state index in [2.05, 4.69) is 16.0 Å². The zero-order valence-corrected chi connectivity index (χ0v) is 10.1. The van der Waals surface area contributed by atoms with E-state index in [0.717, 1.165) is 33.3 Å². The quantitative estimate of drug-likeness (QED) is 0.508. The van der Waals surface area contributed by atoms with E-state index in [1.807, 2.05) is 42.5 Å². The lowest BCUT2D eigenvalue weighted by molar-refractivity contribution is 0.668. The molecule has 0 N–H and O–H groups in total. The molecule has 3 heteroatoms. The molecular formula is C16H10N2O. The molecule has 90 valence electrons. The molecule has 0 radical (unpaired) electrons. The Morgan fingerprint density at radius 1 is 0.789 bits per heavy atom. The van der Waals surface area contributed by atoms with E-state index in [9.17, 15) is 0 Å². The van der Waals surface area contributed by atoms with Crippen LogP contribution in [0.1, 0.15) is 0 Å². The van der Waals surface area contributed by atoms with Crippen LogP contribution < -0.4 is 0 Å². The van der Waals surface area contributed by atoms with Crippen LogP contribution in [-0.2, 0) is 0 Å². The van der Waals surface area contributed by atoms with Gasteiger partial charge in [0, 0.05) is 23.3 Å². The van der Waals surface area contributed by atoms with Crippen molar-refractivity contribution in [1.29, 1.82) is 0 Å². The second-order valence-corrected chi connectivity index (χ2v) is 4.38. The van der Waals surface area contributed by atoms with E-state index in [-0.39, 0.29) is 0 Å². The summed E-state index contributed by atoms with van der Waals surface area (Å²) in [5.41, 5.74) is 4.59. The van der Waals surface area contributed by atoms with Gasteiger partial charge in [0.15, 0.2) is 5.58 Å². The Bertz CT molecular complexity index is 866.